The van der Waals surface area contributed by atoms with Gasteiger partial charge in [-0.15, -0.1) is 0 Å². The van der Waals surface area contributed by atoms with E-state index in [1.165, 1.54) is 11.3 Å². The highest BCUT2D eigenvalue weighted by molar-refractivity contribution is 5.95. The fourth-order valence-corrected chi connectivity index (χ4v) is 3.74. The van der Waals surface area contributed by atoms with Crippen molar-refractivity contribution in [3.8, 4) is 11.3 Å². The molecule has 0 aliphatic rings. The first-order valence-electron chi connectivity index (χ1n) is 9.94. The monoisotopic (exact) mass is 375 g/mol. The number of benzene rings is 2. The Morgan fingerprint density at radius 1 is 1.00 bits per heavy atom. The van der Waals surface area contributed by atoms with Gasteiger partial charge in [-0.05, 0) is 56.5 Å². The summed E-state index contributed by atoms with van der Waals surface area (Å²) in [6, 6.07) is 20.9. The number of rotatable bonds is 8. The van der Waals surface area contributed by atoms with Gasteiger partial charge in [-0.1, -0.05) is 42.5 Å². The van der Waals surface area contributed by atoms with Crippen molar-refractivity contribution >= 4 is 11.6 Å². The summed E-state index contributed by atoms with van der Waals surface area (Å²) in [7, 11) is 0. The van der Waals surface area contributed by atoms with Crippen molar-refractivity contribution in [3.63, 3.8) is 0 Å². The van der Waals surface area contributed by atoms with E-state index in [2.05, 4.69) is 71.8 Å². The van der Waals surface area contributed by atoms with E-state index in [1.807, 2.05) is 19.1 Å². The molecular formula is C24H29N3O. The second kappa shape index (κ2) is 8.79. The van der Waals surface area contributed by atoms with Crippen LogP contribution in [0.5, 0.6) is 0 Å². The zero-order valence-electron chi connectivity index (χ0n) is 17.0. The summed E-state index contributed by atoms with van der Waals surface area (Å²) in [5.41, 5.74) is 11.8. The molecule has 0 saturated carbocycles. The molecule has 0 saturated heterocycles. The van der Waals surface area contributed by atoms with E-state index in [4.69, 9.17) is 5.73 Å². The molecule has 28 heavy (non-hydrogen) atoms. The molecule has 1 amide bonds. The Morgan fingerprint density at radius 2 is 1.64 bits per heavy atom. The lowest BCUT2D eigenvalue weighted by molar-refractivity contribution is 0.0999. The first-order chi connectivity index (χ1) is 13.5. The highest BCUT2D eigenvalue weighted by Crippen LogP contribution is 2.28. The van der Waals surface area contributed by atoms with Gasteiger partial charge in [-0.3, -0.25) is 4.79 Å². The Labute approximate surface area is 167 Å². The third kappa shape index (κ3) is 4.11. The first kappa shape index (κ1) is 19.7. The minimum atomic E-state index is -0.378. The van der Waals surface area contributed by atoms with E-state index < -0.39 is 0 Å². The third-order valence-electron chi connectivity index (χ3n) is 5.39. The van der Waals surface area contributed by atoms with Crippen LogP contribution in [0.25, 0.3) is 11.3 Å². The van der Waals surface area contributed by atoms with Crippen molar-refractivity contribution < 1.29 is 4.79 Å². The normalized spacial score (nSPS) is 10.8. The van der Waals surface area contributed by atoms with Crippen LogP contribution >= 0.6 is 0 Å². The molecule has 2 aromatic carbocycles. The molecular weight excluding hydrogens is 346 g/mol. The molecule has 0 unspecified atom stereocenters. The summed E-state index contributed by atoms with van der Waals surface area (Å²) in [6.45, 7) is 9.06. The number of anilines is 1. The predicted molar refractivity (Wildman–Crippen MR) is 117 cm³/mol. The molecule has 0 spiro atoms. The Kier molecular flexibility index (Phi) is 6.19. The number of primary amides is 1. The first-order valence-corrected chi connectivity index (χ1v) is 9.94. The summed E-state index contributed by atoms with van der Waals surface area (Å²) < 4.78 is 2.21. The van der Waals surface area contributed by atoms with E-state index >= 15 is 0 Å². The van der Waals surface area contributed by atoms with Gasteiger partial charge >= 0.3 is 0 Å². The smallest absolute Gasteiger partial charge is 0.250 e. The minimum absolute atomic E-state index is 0.378. The van der Waals surface area contributed by atoms with Crippen LogP contribution in [0.3, 0.4) is 0 Å². The van der Waals surface area contributed by atoms with Crippen LogP contribution in [0.4, 0.5) is 5.69 Å². The van der Waals surface area contributed by atoms with E-state index in [-0.39, 0.29) is 5.91 Å². The zero-order valence-corrected chi connectivity index (χ0v) is 17.0. The molecule has 0 bridgehead atoms. The van der Waals surface area contributed by atoms with Crippen LogP contribution in [0.15, 0.2) is 60.7 Å². The van der Waals surface area contributed by atoms with Gasteiger partial charge in [0.2, 0.25) is 0 Å². The molecule has 4 nitrogen and oxygen atoms in total. The number of hydrogen-bond acceptors (Lipinski definition) is 2. The van der Waals surface area contributed by atoms with Gasteiger partial charge in [0.1, 0.15) is 0 Å². The summed E-state index contributed by atoms with van der Waals surface area (Å²) in [5.74, 6) is -0.378. The lowest BCUT2D eigenvalue weighted by atomic mass is 10.1. The average molecular weight is 376 g/mol. The molecule has 0 fully saturated rings. The highest BCUT2D eigenvalue weighted by Gasteiger charge is 2.17. The SMILES string of the molecule is CCN(CC)c1ccc(-c2cc(C(N)=O)c(C)n2CCc2ccccc2)cc1. The number of carbonyl (C=O) groups is 1. The number of nitrogens with two attached hydrogens (primary N) is 1. The second-order valence-electron chi connectivity index (χ2n) is 7.00. The topological polar surface area (TPSA) is 51.3 Å². The van der Waals surface area contributed by atoms with Crippen molar-refractivity contribution in [3.05, 3.63) is 77.5 Å². The molecule has 0 aliphatic carbocycles. The Hall–Kier alpha value is -3.01. The van der Waals surface area contributed by atoms with Crippen molar-refractivity contribution in [1.82, 2.24) is 4.57 Å². The van der Waals surface area contributed by atoms with Crippen molar-refractivity contribution in [2.24, 2.45) is 5.73 Å². The lowest BCUT2D eigenvalue weighted by Gasteiger charge is -2.21. The highest BCUT2D eigenvalue weighted by atomic mass is 16.1. The van der Waals surface area contributed by atoms with Gasteiger partial charge in [-0.2, -0.15) is 0 Å². The Morgan fingerprint density at radius 3 is 2.21 bits per heavy atom. The van der Waals surface area contributed by atoms with Gasteiger partial charge in [0.05, 0.1) is 5.56 Å². The summed E-state index contributed by atoms with van der Waals surface area (Å²) in [4.78, 5) is 14.2. The summed E-state index contributed by atoms with van der Waals surface area (Å²) in [6.07, 6.45) is 0.902. The predicted octanol–water partition coefficient (Wildman–Crippen LogP) is 4.65. The molecule has 4 heteroatoms. The van der Waals surface area contributed by atoms with Crippen LogP contribution in [-0.4, -0.2) is 23.6 Å². The Bertz CT molecular complexity index is 922. The van der Waals surface area contributed by atoms with E-state index in [9.17, 15) is 4.79 Å². The number of carbonyl (C=O) groups excluding carboxylic acids is 1. The Balaban J connectivity index is 1.95. The number of nitrogens with zero attached hydrogens (tertiary/aromatic N) is 2. The van der Waals surface area contributed by atoms with Crippen molar-refractivity contribution in [2.75, 3.05) is 18.0 Å². The maximum absolute atomic E-state index is 11.9. The standard InChI is InChI=1S/C24H29N3O/c1-4-26(5-2)21-13-11-20(12-14-21)23-17-22(24(25)28)18(3)27(23)16-15-19-9-7-6-8-10-19/h6-14,17H,4-5,15-16H2,1-3H3,(H2,25,28). The molecule has 1 heterocycles. The van der Waals surface area contributed by atoms with E-state index in [0.717, 1.165) is 43.0 Å². The van der Waals surface area contributed by atoms with E-state index in [0.29, 0.717) is 5.56 Å². The van der Waals surface area contributed by atoms with Crippen LogP contribution in [0.1, 0.15) is 35.5 Å². The molecule has 3 aromatic rings. The van der Waals surface area contributed by atoms with Gasteiger partial charge in [0.15, 0.2) is 0 Å². The largest absolute Gasteiger partial charge is 0.372 e. The number of aryl methyl sites for hydroxylation is 1. The number of aromatic nitrogens is 1. The quantitative estimate of drug-likeness (QED) is 0.623. The van der Waals surface area contributed by atoms with E-state index in [1.54, 1.807) is 0 Å². The minimum Gasteiger partial charge on any atom is -0.372 e. The maximum atomic E-state index is 11.9. The maximum Gasteiger partial charge on any atom is 0.250 e. The number of amides is 1. The number of hydrogen-bond donors (Lipinski definition) is 1. The lowest BCUT2D eigenvalue weighted by Crippen LogP contribution is -2.21. The molecule has 1 aromatic heterocycles. The molecule has 0 atom stereocenters. The summed E-state index contributed by atoms with van der Waals surface area (Å²) in [5, 5.41) is 0. The average Bonchev–Trinajstić information content (AvgIpc) is 3.05. The fraction of sp³-hybridized carbons (Fsp3) is 0.292. The molecule has 3 rings (SSSR count). The second-order valence-corrected chi connectivity index (χ2v) is 7.00. The molecule has 146 valence electrons. The van der Waals surface area contributed by atoms with Crippen molar-refractivity contribution in [1.29, 1.82) is 0 Å². The van der Waals surface area contributed by atoms with Crippen LogP contribution < -0.4 is 10.6 Å². The van der Waals surface area contributed by atoms with Crippen LogP contribution in [0, 0.1) is 6.92 Å². The van der Waals surface area contributed by atoms with Gasteiger partial charge in [-0.25, -0.2) is 0 Å². The molecule has 0 aliphatic heterocycles. The van der Waals surface area contributed by atoms with Crippen LogP contribution in [0.2, 0.25) is 0 Å². The van der Waals surface area contributed by atoms with Gasteiger partial charge < -0.3 is 15.2 Å². The van der Waals surface area contributed by atoms with Crippen LogP contribution in [-0.2, 0) is 13.0 Å². The fourth-order valence-electron chi connectivity index (χ4n) is 3.74. The summed E-state index contributed by atoms with van der Waals surface area (Å²) >= 11 is 0. The van der Waals surface area contributed by atoms with Crippen molar-refractivity contribution in [2.45, 2.75) is 33.7 Å². The molecule has 2 N–H and O–H groups in total. The molecule has 0 radical (unpaired) electrons. The van der Waals surface area contributed by atoms with Gasteiger partial charge in [0, 0.05) is 36.7 Å². The van der Waals surface area contributed by atoms with Gasteiger partial charge in [0.25, 0.3) is 5.91 Å². The zero-order chi connectivity index (χ0) is 20.1. The third-order valence-corrected chi connectivity index (χ3v) is 5.39.